The molecule has 5 heteroatoms. The molecule has 0 saturated carbocycles. The molecule has 0 fully saturated rings. The van der Waals surface area contributed by atoms with Crippen molar-refractivity contribution in [1.82, 2.24) is 9.78 Å². The summed E-state index contributed by atoms with van der Waals surface area (Å²) in [4.78, 5) is 12.4. The van der Waals surface area contributed by atoms with Crippen molar-refractivity contribution in [3.05, 3.63) is 54.2 Å². The van der Waals surface area contributed by atoms with Crippen LogP contribution in [0.25, 0.3) is 10.9 Å². The van der Waals surface area contributed by atoms with Crippen LogP contribution in [0.4, 0.5) is 5.69 Å². The van der Waals surface area contributed by atoms with Gasteiger partial charge in [0.05, 0.1) is 12.6 Å². The number of aromatic nitrogens is 2. The van der Waals surface area contributed by atoms with Crippen molar-refractivity contribution < 1.29 is 9.53 Å². The van der Waals surface area contributed by atoms with Gasteiger partial charge >= 0.3 is 0 Å². The predicted octanol–water partition coefficient (Wildman–Crippen LogP) is 2.83. The molecule has 0 bridgehead atoms. The summed E-state index contributed by atoms with van der Waals surface area (Å²) in [6.07, 6.45) is 0. The first-order valence-electron chi connectivity index (χ1n) is 6.56. The van der Waals surface area contributed by atoms with E-state index in [2.05, 4.69) is 10.4 Å². The molecule has 0 radical (unpaired) electrons. The van der Waals surface area contributed by atoms with Crippen LogP contribution in [0.3, 0.4) is 0 Å². The third-order valence-electron chi connectivity index (χ3n) is 3.30. The average molecular weight is 281 g/mol. The molecular weight excluding hydrogens is 266 g/mol. The van der Waals surface area contributed by atoms with Crippen LogP contribution in [-0.4, -0.2) is 22.8 Å². The van der Waals surface area contributed by atoms with Crippen molar-refractivity contribution >= 4 is 22.5 Å². The fraction of sp³-hybridized carbons (Fsp3) is 0.125. The first-order chi connectivity index (χ1) is 10.2. The van der Waals surface area contributed by atoms with Crippen LogP contribution in [0.15, 0.2) is 48.5 Å². The zero-order valence-corrected chi connectivity index (χ0v) is 11.8. The molecule has 2 aromatic carbocycles. The lowest BCUT2D eigenvalue weighted by Gasteiger charge is -2.05. The van der Waals surface area contributed by atoms with Crippen LogP contribution in [-0.2, 0) is 7.05 Å². The summed E-state index contributed by atoms with van der Waals surface area (Å²) in [5, 5.41) is 7.98. The molecular formula is C16H15N3O2. The largest absolute Gasteiger partial charge is 0.497 e. The van der Waals surface area contributed by atoms with E-state index in [1.807, 2.05) is 49.5 Å². The molecule has 0 aliphatic rings. The lowest BCUT2D eigenvalue weighted by Crippen LogP contribution is -2.13. The van der Waals surface area contributed by atoms with Gasteiger partial charge in [-0.1, -0.05) is 24.3 Å². The Kier molecular flexibility index (Phi) is 3.31. The minimum absolute atomic E-state index is 0.236. The van der Waals surface area contributed by atoms with Crippen molar-refractivity contribution in [2.45, 2.75) is 0 Å². The number of rotatable bonds is 3. The van der Waals surface area contributed by atoms with Gasteiger partial charge in [-0.2, -0.15) is 5.10 Å². The van der Waals surface area contributed by atoms with Gasteiger partial charge in [0.25, 0.3) is 5.91 Å². The van der Waals surface area contributed by atoms with Crippen LogP contribution in [0, 0.1) is 0 Å². The summed E-state index contributed by atoms with van der Waals surface area (Å²) in [6, 6.07) is 14.9. The van der Waals surface area contributed by atoms with Gasteiger partial charge in [-0.3, -0.25) is 9.48 Å². The number of ether oxygens (including phenoxy) is 1. The van der Waals surface area contributed by atoms with Gasteiger partial charge in [0.1, 0.15) is 5.75 Å². The number of aryl methyl sites for hydroxylation is 1. The van der Waals surface area contributed by atoms with Gasteiger partial charge in [-0.25, -0.2) is 0 Å². The standard InChI is InChI=1S/C16H15N3O2/c1-19-14-9-4-3-8-13(14)15(18-19)16(20)17-11-6-5-7-12(10-11)21-2/h3-10H,1-2H3,(H,17,20). The van der Waals surface area contributed by atoms with Gasteiger partial charge in [0.2, 0.25) is 0 Å². The van der Waals surface area contributed by atoms with E-state index in [0.29, 0.717) is 17.1 Å². The number of hydrogen-bond acceptors (Lipinski definition) is 3. The number of carbonyl (C=O) groups is 1. The minimum atomic E-state index is -0.236. The van der Waals surface area contributed by atoms with E-state index in [1.54, 1.807) is 17.9 Å². The molecule has 0 saturated heterocycles. The van der Waals surface area contributed by atoms with E-state index in [4.69, 9.17) is 4.74 Å². The van der Waals surface area contributed by atoms with Crippen LogP contribution < -0.4 is 10.1 Å². The van der Waals surface area contributed by atoms with Gasteiger partial charge < -0.3 is 10.1 Å². The van der Waals surface area contributed by atoms with Crippen LogP contribution in [0.1, 0.15) is 10.5 Å². The minimum Gasteiger partial charge on any atom is -0.497 e. The van der Waals surface area contributed by atoms with Crippen LogP contribution in [0.2, 0.25) is 0 Å². The molecule has 1 heterocycles. The molecule has 1 amide bonds. The van der Waals surface area contributed by atoms with Gasteiger partial charge in [0.15, 0.2) is 5.69 Å². The highest BCUT2D eigenvalue weighted by Gasteiger charge is 2.15. The maximum Gasteiger partial charge on any atom is 0.276 e. The van der Waals surface area contributed by atoms with Crippen molar-refractivity contribution in [3.63, 3.8) is 0 Å². The first kappa shape index (κ1) is 13.2. The zero-order chi connectivity index (χ0) is 14.8. The Balaban J connectivity index is 1.94. The predicted molar refractivity (Wildman–Crippen MR) is 81.7 cm³/mol. The molecule has 0 atom stereocenters. The van der Waals surface area contributed by atoms with Crippen molar-refractivity contribution in [1.29, 1.82) is 0 Å². The fourth-order valence-corrected chi connectivity index (χ4v) is 2.27. The molecule has 5 nitrogen and oxygen atoms in total. The zero-order valence-electron chi connectivity index (χ0n) is 11.8. The SMILES string of the molecule is COc1cccc(NC(=O)c2nn(C)c3ccccc23)c1. The summed E-state index contributed by atoms with van der Waals surface area (Å²) in [7, 11) is 3.41. The maximum absolute atomic E-state index is 12.4. The molecule has 3 rings (SSSR count). The average Bonchev–Trinajstić information content (AvgIpc) is 2.85. The molecule has 3 aromatic rings. The Morgan fingerprint density at radius 1 is 1.19 bits per heavy atom. The summed E-state index contributed by atoms with van der Waals surface area (Å²) in [5.41, 5.74) is 2.01. The monoisotopic (exact) mass is 281 g/mol. The summed E-state index contributed by atoms with van der Waals surface area (Å²) in [5.74, 6) is 0.457. The highest BCUT2D eigenvalue weighted by atomic mass is 16.5. The second-order valence-electron chi connectivity index (χ2n) is 4.68. The molecule has 1 aromatic heterocycles. The highest BCUT2D eigenvalue weighted by Crippen LogP contribution is 2.20. The molecule has 0 aliphatic carbocycles. The first-order valence-corrected chi connectivity index (χ1v) is 6.56. The smallest absolute Gasteiger partial charge is 0.276 e. The fourth-order valence-electron chi connectivity index (χ4n) is 2.27. The lowest BCUT2D eigenvalue weighted by molar-refractivity contribution is 0.102. The molecule has 0 unspecified atom stereocenters. The molecule has 0 spiro atoms. The number of methoxy groups -OCH3 is 1. The number of nitrogens with zero attached hydrogens (tertiary/aromatic N) is 2. The Labute approximate surface area is 122 Å². The van der Waals surface area contributed by atoms with E-state index in [1.165, 1.54) is 0 Å². The number of benzene rings is 2. The van der Waals surface area contributed by atoms with E-state index in [9.17, 15) is 4.79 Å². The Morgan fingerprint density at radius 3 is 2.81 bits per heavy atom. The Hall–Kier alpha value is -2.82. The number of nitrogens with one attached hydrogen (secondary N) is 1. The summed E-state index contributed by atoms with van der Waals surface area (Å²) >= 11 is 0. The van der Waals surface area contributed by atoms with Gasteiger partial charge in [0, 0.05) is 24.2 Å². The van der Waals surface area contributed by atoms with Gasteiger partial charge in [-0.15, -0.1) is 0 Å². The second-order valence-corrected chi connectivity index (χ2v) is 4.68. The highest BCUT2D eigenvalue weighted by molar-refractivity contribution is 6.11. The summed E-state index contributed by atoms with van der Waals surface area (Å²) in [6.45, 7) is 0. The molecule has 0 aliphatic heterocycles. The number of amides is 1. The summed E-state index contributed by atoms with van der Waals surface area (Å²) < 4.78 is 6.85. The topological polar surface area (TPSA) is 56.1 Å². The number of para-hydroxylation sites is 1. The third-order valence-corrected chi connectivity index (χ3v) is 3.30. The third kappa shape index (κ3) is 2.45. The van der Waals surface area contributed by atoms with Crippen LogP contribution in [0.5, 0.6) is 5.75 Å². The Bertz CT molecular complexity index is 808. The molecule has 1 N–H and O–H groups in total. The van der Waals surface area contributed by atoms with Crippen molar-refractivity contribution in [3.8, 4) is 5.75 Å². The van der Waals surface area contributed by atoms with Crippen LogP contribution >= 0.6 is 0 Å². The Morgan fingerprint density at radius 2 is 2.00 bits per heavy atom. The van der Waals surface area contributed by atoms with Crippen molar-refractivity contribution in [2.24, 2.45) is 7.05 Å². The second kappa shape index (κ2) is 5.28. The molecule has 106 valence electrons. The normalized spacial score (nSPS) is 10.6. The lowest BCUT2D eigenvalue weighted by atomic mass is 10.2. The number of fused-ring (bicyclic) bond motifs is 1. The quantitative estimate of drug-likeness (QED) is 0.803. The molecule has 21 heavy (non-hydrogen) atoms. The van der Waals surface area contributed by atoms with Gasteiger partial charge in [-0.05, 0) is 18.2 Å². The number of hydrogen-bond donors (Lipinski definition) is 1. The number of anilines is 1. The van der Waals surface area contributed by atoms with Crippen molar-refractivity contribution in [2.75, 3.05) is 12.4 Å². The van der Waals surface area contributed by atoms with E-state index >= 15 is 0 Å². The van der Waals surface area contributed by atoms with E-state index < -0.39 is 0 Å². The number of carbonyl (C=O) groups excluding carboxylic acids is 1. The van der Waals surface area contributed by atoms with E-state index in [-0.39, 0.29) is 5.91 Å². The maximum atomic E-state index is 12.4. The van der Waals surface area contributed by atoms with E-state index in [0.717, 1.165) is 10.9 Å².